The predicted octanol–water partition coefficient (Wildman–Crippen LogP) is 2.67. The lowest BCUT2D eigenvalue weighted by molar-refractivity contribution is -0.115. The van der Waals surface area contributed by atoms with Gasteiger partial charge in [-0.05, 0) is 17.7 Å². The van der Waals surface area contributed by atoms with Crippen molar-refractivity contribution in [2.45, 2.75) is 12.8 Å². The van der Waals surface area contributed by atoms with Crippen molar-refractivity contribution in [2.75, 3.05) is 12.4 Å². The van der Waals surface area contributed by atoms with Gasteiger partial charge in [-0.2, -0.15) is 0 Å². The second-order valence-electron chi connectivity index (χ2n) is 3.82. The molecule has 0 saturated carbocycles. The van der Waals surface area contributed by atoms with Gasteiger partial charge in [-0.25, -0.2) is 8.78 Å². The Hall–Kier alpha value is -2.09. The average molecular weight is 299 g/mol. The van der Waals surface area contributed by atoms with Gasteiger partial charge in [0.2, 0.25) is 11.0 Å². The number of benzene rings is 1. The predicted molar refractivity (Wildman–Crippen MR) is 70.2 cm³/mol. The molecule has 0 saturated heterocycles. The Bertz CT molecular complexity index is 604. The highest BCUT2D eigenvalue weighted by molar-refractivity contribution is 7.15. The maximum Gasteiger partial charge on any atom is 0.291 e. The van der Waals surface area contributed by atoms with Crippen molar-refractivity contribution < 1.29 is 18.3 Å². The van der Waals surface area contributed by atoms with E-state index in [4.69, 9.17) is 4.74 Å². The number of amides is 1. The van der Waals surface area contributed by atoms with Gasteiger partial charge in [-0.1, -0.05) is 23.5 Å². The minimum atomic E-state index is -2.68. The van der Waals surface area contributed by atoms with Gasteiger partial charge in [0.1, 0.15) is 5.75 Å². The lowest BCUT2D eigenvalue weighted by atomic mass is 10.1. The van der Waals surface area contributed by atoms with Crippen LogP contribution in [-0.4, -0.2) is 23.2 Å². The number of rotatable bonds is 5. The summed E-state index contributed by atoms with van der Waals surface area (Å²) in [7, 11) is 1.53. The highest BCUT2D eigenvalue weighted by Gasteiger charge is 2.15. The van der Waals surface area contributed by atoms with Gasteiger partial charge in [-0.15, -0.1) is 10.2 Å². The van der Waals surface area contributed by atoms with E-state index in [-0.39, 0.29) is 17.5 Å². The molecule has 0 spiro atoms. The first-order chi connectivity index (χ1) is 9.58. The zero-order valence-corrected chi connectivity index (χ0v) is 11.3. The highest BCUT2D eigenvalue weighted by atomic mass is 32.1. The molecular formula is C12H11F2N3O2S. The van der Waals surface area contributed by atoms with Gasteiger partial charge in [0.05, 0.1) is 13.5 Å². The normalized spacial score (nSPS) is 10.6. The number of halogens is 2. The molecule has 0 aliphatic rings. The second-order valence-corrected chi connectivity index (χ2v) is 4.83. The first kappa shape index (κ1) is 14.3. The number of hydrogen-bond donors (Lipinski definition) is 1. The van der Waals surface area contributed by atoms with E-state index in [1.165, 1.54) is 7.11 Å². The zero-order chi connectivity index (χ0) is 14.5. The van der Waals surface area contributed by atoms with Crippen molar-refractivity contribution in [3.63, 3.8) is 0 Å². The number of alkyl halides is 2. The number of ether oxygens (including phenoxy) is 1. The Labute approximate surface area is 117 Å². The second kappa shape index (κ2) is 6.38. The zero-order valence-electron chi connectivity index (χ0n) is 10.5. The fraction of sp³-hybridized carbons (Fsp3) is 0.250. The molecule has 2 aromatic rings. The molecule has 1 amide bonds. The smallest absolute Gasteiger partial charge is 0.291 e. The molecule has 1 N–H and O–H groups in total. The summed E-state index contributed by atoms with van der Waals surface area (Å²) in [5, 5.41) is 8.85. The quantitative estimate of drug-likeness (QED) is 0.922. The maximum absolute atomic E-state index is 12.3. The van der Waals surface area contributed by atoms with Crippen LogP contribution in [0.4, 0.5) is 13.9 Å². The Morgan fingerprint density at radius 1 is 1.45 bits per heavy atom. The lowest BCUT2D eigenvalue weighted by Crippen LogP contribution is -2.14. The molecule has 20 heavy (non-hydrogen) atoms. The third-order valence-corrected chi connectivity index (χ3v) is 3.22. The van der Waals surface area contributed by atoms with Crippen molar-refractivity contribution in [1.82, 2.24) is 10.2 Å². The first-order valence-electron chi connectivity index (χ1n) is 5.63. The van der Waals surface area contributed by atoms with Crippen molar-refractivity contribution in [2.24, 2.45) is 0 Å². The third kappa shape index (κ3) is 3.70. The minimum Gasteiger partial charge on any atom is -0.497 e. The van der Waals surface area contributed by atoms with Crippen molar-refractivity contribution in [3.8, 4) is 5.75 Å². The highest BCUT2D eigenvalue weighted by Crippen LogP contribution is 2.25. The number of hydrogen-bond acceptors (Lipinski definition) is 5. The molecule has 1 aromatic carbocycles. The number of methoxy groups -OCH3 is 1. The monoisotopic (exact) mass is 299 g/mol. The lowest BCUT2D eigenvalue weighted by Gasteiger charge is -2.04. The van der Waals surface area contributed by atoms with E-state index in [0.717, 1.165) is 5.56 Å². The van der Waals surface area contributed by atoms with E-state index in [0.29, 0.717) is 17.1 Å². The number of carbonyl (C=O) groups excluding carboxylic acids is 1. The molecule has 2 rings (SSSR count). The van der Waals surface area contributed by atoms with E-state index in [1.54, 1.807) is 24.3 Å². The van der Waals surface area contributed by atoms with Crippen LogP contribution in [0.1, 0.15) is 17.0 Å². The molecule has 0 atom stereocenters. The van der Waals surface area contributed by atoms with Gasteiger partial charge in [0, 0.05) is 0 Å². The van der Waals surface area contributed by atoms with E-state index in [9.17, 15) is 13.6 Å². The van der Waals surface area contributed by atoms with Gasteiger partial charge in [0.25, 0.3) is 6.43 Å². The van der Waals surface area contributed by atoms with E-state index in [2.05, 4.69) is 15.5 Å². The summed E-state index contributed by atoms with van der Waals surface area (Å²) in [6.45, 7) is 0. The SMILES string of the molecule is COc1cccc(CC(=O)Nc2nnc(C(F)F)s2)c1. The fourth-order valence-corrected chi connectivity index (χ4v) is 2.12. The standard InChI is InChI=1S/C12H11F2N3O2S/c1-19-8-4-2-3-7(5-8)6-9(18)15-12-17-16-11(20-12)10(13)14/h2-5,10H,6H2,1H3,(H,15,17,18). The summed E-state index contributed by atoms with van der Waals surface area (Å²) in [6.07, 6.45) is -2.59. The molecule has 1 aromatic heterocycles. The van der Waals surface area contributed by atoms with Crippen LogP contribution in [0.25, 0.3) is 0 Å². The number of carbonyl (C=O) groups is 1. The molecule has 0 fully saturated rings. The average Bonchev–Trinajstić information content (AvgIpc) is 2.87. The number of anilines is 1. The Kier molecular flexibility index (Phi) is 4.57. The first-order valence-corrected chi connectivity index (χ1v) is 6.44. The van der Waals surface area contributed by atoms with Gasteiger partial charge < -0.3 is 10.1 Å². The molecule has 106 valence electrons. The van der Waals surface area contributed by atoms with Crippen LogP contribution < -0.4 is 10.1 Å². The molecule has 8 heteroatoms. The van der Waals surface area contributed by atoms with Crippen molar-refractivity contribution in [3.05, 3.63) is 34.8 Å². The van der Waals surface area contributed by atoms with Crippen LogP contribution in [0, 0.1) is 0 Å². The molecule has 1 heterocycles. The molecule has 0 radical (unpaired) electrons. The Morgan fingerprint density at radius 2 is 2.25 bits per heavy atom. The van der Waals surface area contributed by atoms with Crippen molar-refractivity contribution in [1.29, 1.82) is 0 Å². The van der Waals surface area contributed by atoms with Crippen LogP contribution >= 0.6 is 11.3 Å². The van der Waals surface area contributed by atoms with Crippen LogP contribution in [-0.2, 0) is 11.2 Å². The summed E-state index contributed by atoms with van der Waals surface area (Å²) in [5.41, 5.74) is 0.750. The number of nitrogens with one attached hydrogen (secondary N) is 1. The summed E-state index contributed by atoms with van der Waals surface area (Å²) in [4.78, 5) is 11.8. The largest absolute Gasteiger partial charge is 0.497 e. The van der Waals surface area contributed by atoms with E-state index < -0.39 is 11.4 Å². The molecule has 0 aliphatic carbocycles. The fourth-order valence-electron chi connectivity index (χ4n) is 1.50. The molecule has 0 unspecified atom stereocenters. The van der Waals surface area contributed by atoms with E-state index >= 15 is 0 Å². The topological polar surface area (TPSA) is 64.1 Å². The molecule has 0 bridgehead atoms. The Morgan fingerprint density at radius 3 is 2.90 bits per heavy atom. The summed E-state index contributed by atoms with van der Waals surface area (Å²) in [5.74, 6) is 0.293. The number of aromatic nitrogens is 2. The van der Waals surface area contributed by atoms with Gasteiger partial charge in [-0.3, -0.25) is 4.79 Å². The molecular weight excluding hydrogens is 288 g/mol. The number of nitrogens with zero attached hydrogens (tertiary/aromatic N) is 2. The van der Waals surface area contributed by atoms with Crippen molar-refractivity contribution >= 4 is 22.4 Å². The summed E-state index contributed by atoms with van der Waals surface area (Å²) in [6, 6.07) is 7.03. The Balaban J connectivity index is 1.97. The van der Waals surface area contributed by atoms with Gasteiger partial charge in [0.15, 0.2) is 5.01 Å². The van der Waals surface area contributed by atoms with Gasteiger partial charge >= 0.3 is 0 Å². The third-order valence-electron chi connectivity index (χ3n) is 2.37. The van der Waals surface area contributed by atoms with Crippen LogP contribution in [0.15, 0.2) is 24.3 Å². The minimum absolute atomic E-state index is 0.0631. The van der Waals surface area contributed by atoms with E-state index in [1.807, 2.05) is 0 Å². The molecule has 5 nitrogen and oxygen atoms in total. The van der Waals surface area contributed by atoms with Crippen LogP contribution in [0.2, 0.25) is 0 Å². The maximum atomic E-state index is 12.3. The van der Waals surface area contributed by atoms with Crippen LogP contribution in [0.5, 0.6) is 5.75 Å². The van der Waals surface area contributed by atoms with Crippen LogP contribution in [0.3, 0.4) is 0 Å². The molecule has 0 aliphatic heterocycles. The summed E-state index contributed by atoms with van der Waals surface area (Å²) >= 11 is 0.659. The summed E-state index contributed by atoms with van der Waals surface area (Å²) < 4.78 is 29.7.